The molecule has 1 heterocycles. The number of rotatable bonds is 18. The highest BCUT2D eigenvalue weighted by molar-refractivity contribution is 5.89. The van der Waals surface area contributed by atoms with E-state index >= 15 is 0 Å². The summed E-state index contributed by atoms with van der Waals surface area (Å²) in [5, 5.41) is 0.904. The van der Waals surface area contributed by atoms with Crippen molar-refractivity contribution >= 4 is 10.9 Å². The molecule has 3 rings (SSSR count). The van der Waals surface area contributed by atoms with Crippen molar-refractivity contribution in [1.82, 2.24) is 4.57 Å². The third kappa shape index (κ3) is 8.55. The number of unbranched alkanes of at least 4 members (excludes halogenated alkanes) is 7. The zero-order valence-corrected chi connectivity index (χ0v) is 23.1. The Morgan fingerprint density at radius 1 is 0.676 bits per heavy atom. The van der Waals surface area contributed by atoms with Gasteiger partial charge in [-0.15, -0.1) is 0 Å². The van der Waals surface area contributed by atoms with Gasteiger partial charge in [-0.2, -0.15) is 0 Å². The van der Waals surface area contributed by atoms with Crippen molar-refractivity contribution in [3.63, 3.8) is 0 Å². The van der Waals surface area contributed by atoms with Crippen LogP contribution in [0, 0.1) is 0 Å². The van der Waals surface area contributed by atoms with E-state index in [1.807, 2.05) is 53.1 Å². The summed E-state index contributed by atoms with van der Waals surface area (Å²) in [5.41, 5.74) is 1.83. The summed E-state index contributed by atoms with van der Waals surface area (Å²) < 4.78 is 20.4. The lowest BCUT2D eigenvalue weighted by molar-refractivity contribution is 0.256. The maximum absolute atomic E-state index is 13.8. The largest absolute Gasteiger partial charge is 0.489 e. The first-order valence-corrected chi connectivity index (χ1v) is 14.3. The summed E-state index contributed by atoms with van der Waals surface area (Å²) >= 11 is 0. The Labute approximate surface area is 222 Å². The number of aromatic nitrogens is 1. The molecule has 0 fully saturated rings. The van der Waals surface area contributed by atoms with E-state index in [2.05, 4.69) is 20.8 Å². The molecule has 2 aromatic carbocycles. The predicted molar refractivity (Wildman–Crippen MR) is 153 cm³/mol. The van der Waals surface area contributed by atoms with Gasteiger partial charge in [-0.3, -0.25) is 4.79 Å². The summed E-state index contributed by atoms with van der Waals surface area (Å²) in [6, 6.07) is 16.1. The normalized spacial score (nSPS) is 11.1. The Morgan fingerprint density at radius 2 is 1.32 bits per heavy atom. The van der Waals surface area contributed by atoms with E-state index in [9.17, 15) is 4.79 Å². The quantitative estimate of drug-likeness (QED) is 0.162. The molecule has 37 heavy (non-hydrogen) atoms. The maximum atomic E-state index is 13.8. The van der Waals surface area contributed by atoms with Crippen molar-refractivity contribution in [2.45, 2.75) is 98.1 Å². The fourth-order valence-corrected chi connectivity index (χ4v) is 4.42. The van der Waals surface area contributed by atoms with Gasteiger partial charge in [0.1, 0.15) is 12.4 Å². The summed E-state index contributed by atoms with van der Waals surface area (Å²) in [4.78, 5) is 13.8. The number of aryl methyl sites for hydroxylation is 1. The summed E-state index contributed by atoms with van der Waals surface area (Å²) in [6.07, 6.45) is 10.7. The Hall–Kier alpha value is -2.95. The molecule has 0 aliphatic carbocycles. The van der Waals surface area contributed by atoms with Gasteiger partial charge in [0.25, 0.3) is 5.56 Å². The molecule has 0 saturated carbocycles. The second-order valence-electron chi connectivity index (χ2n) is 9.74. The van der Waals surface area contributed by atoms with Gasteiger partial charge in [0.15, 0.2) is 5.75 Å². The van der Waals surface area contributed by atoms with E-state index in [1.165, 1.54) is 25.7 Å². The fraction of sp³-hybridized carbons (Fsp3) is 0.531. The Morgan fingerprint density at radius 3 is 1.97 bits per heavy atom. The third-order valence-corrected chi connectivity index (χ3v) is 6.62. The molecular weight excluding hydrogens is 462 g/mol. The molecule has 0 radical (unpaired) electrons. The molecule has 0 spiro atoms. The molecule has 0 amide bonds. The number of ether oxygens (including phenoxy) is 3. The average molecular weight is 508 g/mol. The topological polar surface area (TPSA) is 49.7 Å². The first kappa shape index (κ1) is 28.6. The van der Waals surface area contributed by atoms with Crippen molar-refractivity contribution in [2.75, 3.05) is 13.2 Å². The van der Waals surface area contributed by atoms with Crippen LogP contribution < -0.4 is 19.8 Å². The van der Waals surface area contributed by atoms with Crippen LogP contribution in [0.3, 0.4) is 0 Å². The minimum absolute atomic E-state index is 0.111. The second-order valence-corrected chi connectivity index (χ2v) is 9.74. The predicted octanol–water partition coefficient (Wildman–Crippen LogP) is 8.30. The molecule has 202 valence electrons. The smallest absolute Gasteiger partial charge is 0.297 e. The van der Waals surface area contributed by atoms with Crippen LogP contribution in [-0.2, 0) is 13.2 Å². The monoisotopic (exact) mass is 507 g/mol. The molecule has 0 bridgehead atoms. The maximum Gasteiger partial charge on any atom is 0.297 e. The van der Waals surface area contributed by atoms with Crippen LogP contribution in [-0.4, -0.2) is 17.8 Å². The number of hydrogen-bond donors (Lipinski definition) is 0. The number of pyridine rings is 1. The van der Waals surface area contributed by atoms with Crippen molar-refractivity contribution in [3.8, 4) is 17.2 Å². The highest BCUT2D eigenvalue weighted by Crippen LogP contribution is 2.35. The van der Waals surface area contributed by atoms with Crippen LogP contribution in [0.1, 0.15) is 90.5 Å². The van der Waals surface area contributed by atoms with Crippen LogP contribution in [0.2, 0.25) is 0 Å². The molecule has 5 heteroatoms. The van der Waals surface area contributed by atoms with Crippen molar-refractivity contribution in [2.24, 2.45) is 0 Å². The number of hydrogen-bond acceptors (Lipinski definition) is 4. The molecule has 3 aromatic rings. The first-order valence-electron chi connectivity index (χ1n) is 14.3. The van der Waals surface area contributed by atoms with Crippen LogP contribution in [0.15, 0.2) is 53.3 Å². The molecule has 0 unspecified atom stereocenters. The average Bonchev–Trinajstić information content (AvgIpc) is 2.93. The van der Waals surface area contributed by atoms with E-state index in [0.717, 1.165) is 60.7 Å². The zero-order chi connectivity index (χ0) is 26.3. The number of benzene rings is 2. The van der Waals surface area contributed by atoms with Gasteiger partial charge in [-0.1, -0.05) is 96.0 Å². The van der Waals surface area contributed by atoms with E-state index in [4.69, 9.17) is 14.2 Å². The van der Waals surface area contributed by atoms with Gasteiger partial charge in [-0.05, 0) is 37.0 Å². The minimum atomic E-state index is -0.111. The lowest BCUT2D eigenvalue weighted by atomic mass is 10.1. The molecule has 0 saturated heterocycles. The van der Waals surface area contributed by atoms with Gasteiger partial charge >= 0.3 is 0 Å². The van der Waals surface area contributed by atoms with Crippen LogP contribution >= 0.6 is 0 Å². The number of nitrogens with zero attached hydrogens (tertiary/aromatic N) is 1. The van der Waals surface area contributed by atoms with Gasteiger partial charge in [0, 0.05) is 18.0 Å². The van der Waals surface area contributed by atoms with Gasteiger partial charge < -0.3 is 18.8 Å². The van der Waals surface area contributed by atoms with Crippen LogP contribution in [0.4, 0.5) is 0 Å². The van der Waals surface area contributed by atoms with E-state index in [0.29, 0.717) is 37.9 Å². The van der Waals surface area contributed by atoms with Crippen molar-refractivity contribution in [1.29, 1.82) is 0 Å². The SMILES string of the molecule is CCCCCCOc1c(OCCCCCC)c2ccc(OCc3ccccc3)cc2n(CCCC)c1=O. The molecule has 0 N–H and O–H groups in total. The molecule has 1 aromatic heterocycles. The second kappa shape index (κ2) is 16.0. The summed E-state index contributed by atoms with van der Waals surface area (Å²) in [5.74, 6) is 1.67. The molecule has 0 aliphatic rings. The Balaban J connectivity index is 1.96. The fourth-order valence-electron chi connectivity index (χ4n) is 4.42. The molecule has 0 atom stereocenters. The van der Waals surface area contributed by atoms with Gasteiger partial charge in [0.05, 0.1) is 18.7 Å². The van der Waals surface area contributed by atoms with Gasteiger partial charge in [-0.25, -0.2) is 0 Å². The third-order valence-electron chi connectivity index (χ3n) is 6.62. The molecular formula is C32H45NO4. The minimum Gasteiger partial charge on any atom is -0.489 e. The molecule has 0 aliphatic heterocycles. The highest BCUT2D eigenvalue weighted by atomic mass is 16.5. The van der Waals surface area contributed by atoms with Crippen LogP contribution in [0.25, 0.3) is 10.9 Å². The number of fused-ring (bicyclic) bond motifs is 1. The van der Waals surface area contributed by atoms with E-state index in [1.54, 1.807) is 0 Å². The Kier molecular flexibility index (Phi) is 12.4. The lowest BCUT2D eigenvalue weighted by Crippen LogP contribution is -2.24. The molecule has 5 nitrogen and oxygen atoms in total. The van der Waals surface area contributed by atoms with Crippen LogP contribution in [0.5, 0.6) is 17.2 Å². The Bertz CT molecular complexity index is 1120. The van der Waals surface area contributed by atoms with Crippen molar-refractivity contribution in [3.05, 3.63) is 64.4 Å². The zero-order valence-electron chi connectivity index (χ0n) is 23.1. The van der Waals surface area contributed by atoms with Crippen molar-refractivity contribution < 1.29 is 14.2 Å². The lowest BCUT2D eigenvalue weighted by Gasteiger charge is -2.19. The summed E-state index contributed by atoms with van der Waals surface area (Å²) in [6.45, 7) is 8.75. The standard InChI is InChI=1S/C32H45NO4/c1-4-7-10-15-22-35-30-28-20-19-27(37-25-26-17-13-12-14-18-26)24-29(28)33(21-9-6-3)32(34)31(30)36-23-16-11-8-5-2/h12-14,17-20,24H,4-11,15-16,21-23,25H2,1-3H3. The summed E-state index contributed by atoms with van der Waals surface area (Å²) in [7, 11) is 0. The highest BCUT2D eigenvalue weighted by Gasteiger charge is 2.20. The van der Waals surface area contributed by atoms with Gasteiger partial charge in [0.2, 0.25) is 5.75 Å². The van der Waals surface area contributed by atoms with E-state index < -0.39 is 0 Å². The van der Waals surface area contributed by atoms with E-state index in [-0.39, 0.29) is 5.56 Å². The first-order chi connectivity index (χ1) is 18.2.